The van der Waals surface area contributed by atoms with E-state index in [2.05, 4.69) is 5.32 Å². The van der Waals surface area contributed by atoms with Crippen molar-refractivity contribution < 1.29 is 32.6 Å². The maximum absolute atomic E-state index is 15.0. The van der Waals surface area contributed by atoms with Crippen molar-refractivity contribution >= 4 is 23.6 Å². The van der Waals surface area contributed by atoms with E-state index in [1.165, 1.54) is 6.92 Å². The summed E-state index contributed by atoms with van der Waals surface area (Å²) in [7, 11) is 0. The van der Waals surface area contributed by atoms with Gasteiger partial charge < -0.3 is 19.7 Å². The number of piperidine rings is 1. The third kappa shape index (κ3) is 6.17. The summed E-state index contributed by atoms with van der Waals surface area (Å²) < 4.78 is 40.8. The van der Waals surface area contributed by atoms with Gasteiger partial charge in [0.1, 0.15) is 24.3 Å². The van der Waals surface area contributed by atoms with E-state index in [4.69, 9.17) is 9.47 Å². The van der Waals surface area contributed by atoms with Gasteiger partial charge in [-0.25, -0.2) is 13.6 Å². The maximum atomic E-state index is 15.0. The zero-order chi connectivity index (χ0) is 25.7. The Morgan fingerprint density at radius 3 is 2.42 bits per heavy atom. The summed E-state index contributed by atoms with van der Waals surface area (Å²) in [5, 5.41) is 2.56. The maximum Gasteiger partial charge on any atom is 0.414 e. The smallest absolute Gasteiger partial charge is 0.414 e. The average molecular weight is 502 g/mol. The van der Waals surface area contributed by atoms with Crippen LogP contribution in [-0.2, 0) is 25.7 Å². The highest BCUT2D eigenvalue weighted by molar-refractivity contribution is 5.90. The molecule has 1 atom stereocenters. The van der Waals surface area contributed by atoms with Crippen molar-refractivity contribution in [2.24, 2.45) is 0 Å². The van der Waals surface area contributed by atoms with E-state index in [-0.39, 0.29) is 48.7 Å². The summed E-state index contributed by atoms with van der Waals surface area (Å²) in [6.07, 6.45) is -0.492. The Bertz CT molecular complexity index is 1080. The predicted molar refractivity (Wildman–Crippen MR) is 127 cm³/mol. The number of rotatable bonds is 8. The number of carbonyl (C=O) groups is 3. The van der Waals surface area contributed by atoms with E-state index in [0.717, 1.165) is 22.6 Å². The number of hydrogen-bond acceptors (Lipinski definition) is 5. The van der Waals surface area contributed by atoms with Gasteiger partial charge in [0.15, 0.2) is 0 Å². The van der Waals surface area contributed by atoms with Crippen LogP contribution in [0.2, 0.25) is 0 Å². The molecule has 0 aliphatic carbocycles. The standard InChI is InChI=1S/C26H29F2N3O5/c1-17(32)29-13-21-14-31(26(34)36-21)20-11-22(27)25(23(28)12-20)19-7-9-30(10-8-19)24(33)16-35-15-18-5-3-2-4-6-18/h2-6,11-12,19,21H,7-10,13-16H2,1H3,(H,29,32)/t21-/m0/s1. The van der Waals surface area contributed by atoms with Crippen LogP contribution < -0.4 is 10.2 Å². The van der Waals surface area contributed by atoms with E-state index in [1.54, 1.807) is 4.90 Å². The first kappa shape index (κ1) is 25.6. The van der Waals surface area contributed by atoms with Gasteiger partial charge in [-0.2, -0.15) is 0 Å². The molecule has 0 spiro atoms. The number of likely N-dealkylation sites (tertiary alicyclic amines) is 1. The SMILES string of the molecule is CC(=O)NC[C@H]1CN(c2cc(F)c(C3CCN(C(=O)COCc4ccccc4)CC3)c(F)c2)C(=O)O1. The highest BCUT2D eigenvalue weighted by Crippen LogP contribution is 2.35. The minimum atomic E-state index is -0.737. The van der Waals surface area contributed by atoms with E-state index >= 15 is 8.78 Å². The van der Waals surface area contributed by atoms with Crippen LogP contribution in [0, 0.1) is 11.6 Å². The predicted octanol–water partition coefficient (Wildman–Crippen LogP) is 3.35. The first-order valence-corrected chi connectivity index (χ1v) is 11.9. The largest absolute Gasteiger partial charge is 0.442 e. The molecule has 8 nitrogen and oxygen atoms in total. The summed E-state index contributed by atoms with van der Waals surface area (Å²) in [6, 6.07) is 11.8. The zero-order valence-electron chi connectivity index (χ0n) is 20.0. The topological polar surface area (TPSA) is 88.2 Å². The fraction of sp³-hybridized carbons (Fsp3) is 0.423. The van der Waals surface area contributed by atoms with Gasteiger partial charge >= 0.3 is 6.09 Å². The molecule has 0 saturated carbocycles. The number of benzene rings is 2. The molecule has 0 aromatic heterocycles. The fourth-order valence-electron chi connectivity index (χ4n) is 4.55. The molecule has 10 heteroatoms. The van der Waals surface area contributed by atoms with E-state index < -0.39 is 23.8 Å². The van der Waals surface area contributed by atoms with Crippen molar-refractivity contribution in [3.8, 4) is 0 Å². The van der Waals surface area contributed by atoms with Crippen molar-refractivity contribution in [1.82, 2.24) is 10.2 Å². The normalized spacial score (nSPS) is 18.3. The molecule has 2 aromatic carbocycles. The quantitative estimate of drug-likeness (QED) is 0.600. The summed E-state index contributed by atoms with van der Waals surface area (Å²) in [6.45, 7) is 2.58. The fourth-order valence-corrected chi connectivity index (χ4v) is 4.55. The molecule has 2 fully saturated rings. The third-order valence-electron chi connectivity index (χ3n) is 6.42. The molecular formula is C26H29F2N3O5. The molecule has 0 bridgehead atoms. The lowest BCUT2D eigenvalue weighted by Crippen LogP contribution is -2.40. The second-order valence-corrected chi connectivity index (χ2v) is 9.01. The molecule has 192 valence electrons. The Morgan fingerprint density at radius 1 is 1.11 bits per heavy atom. The molecular weight excluding hydrogens is 472 g/mol. The van der Waals surface area contributed by atoms with Gasteiger partial charge in [-0.05, 0) is 36.5 Å². The van der Waals surface area contributed by atoms with Gasteiger partial charge in [-0.1, -0.05) is 30.3 Å². The average Bonchev–Trinajstić information content (AvgIpc) is 3.24. The summed E-state index contributed by atoms with van der Waals surface area (Å²) in [5.41, 5.74) is 1.00. The molecule has 0 radical (unpaired) electrons. The van der Waals surface area contributed by atoms with Crippen molar-refractivity contribution in [1.29, 1.82) is 0 Å². The third-order valence-corrected chi connectivity index (χ3v) is 6.42. The molecule has 2 aliphatic rings. The number of nitrogens with zero attached hydrogens (tertiary/aromatic N) is 2. The van der Waals surface area contributed by atoms with Crippen molar-refractivity contribution in [3.63, 3.8) is 0 Å². The molecule has 36 heavy (non-hydrogen) atoms. The van der Waals surface area contributed by atoms with Gasteiger partial charge in [0.25, 0.3) is 0 Å². The Hall–Kier alpha value is -3.53. The Morgan fingerprint density at radius 2 is 1.78 bits per heavy atom. The van der Waals surface area contributed by atoms with E-state index in [1.807, 2.05) is 30.3 Å². The second-order valence-electron chi connectivity index (χ2n) is 9.01. The van der Waals surface area contributed by atoms with Crippen LogP contribution in [0.5, 0.6) is 0 Å². The Labute approximate surface area is 208 Å². The van der Waals surface area contributed by atoms with Gasteiger partial charge in [0.2, 0.25) is 11.8 Å². The van der Waals surface area contributed by atoms with Crippen molar-refractivity contribution in [2.75, 3.05) is 37.7 Å². The van der Waals surface area contributed by atoms with Crippen molar-refractivity contribution in [3.05, 3.63) is 65.2 Å². The monoisotopic (exact) mass is 501 g/mol. The zero-order valence-corrected chi connectivity index (χ0v) is 20.0. The first-order valence-electron chi connectivity index (χ1n) is 11.9. The number of amides is 3. The second kappa shape index (κ2) is 11.5. The number of hydrogen-bond donors (Lipinski definition) is 1. The van der Waals surface area contributed by atoms with E-state index in [0.29, 0.717) is 32.5 Å². The molecule has 1 N–H and O–H groups in total. The lowest BCUT2D eigenvalue weighted by molar-refractivity contribution is -0.137. The molecule has 4 rings (SSSR count). The Kier molecular flexibility index (Phi) is 8.14. The first-order chi connectivity index (χ1) is 17.3. The van der Waals surface area contributed by atoms with Crippen LogP contribution in [0.25, 0.3) is 0 Å². The minimum absolute atomic E-state index is 0.0338. The number of nitrogens with one attached hydrogen (secondary N) is 1. The molecule has 2 saturated heterocycles. The summed E-state index contributed by atoms with van der Waals surface area (Å²) in [4.78, 5) is 38.6. The van der Waals surface area contributed by atoms with E-state index in [9.17, 15) is 14.4 Å². The van der Waals surface area contributed by atoms with Gasteiger partial charge in [-0.15, -0.1) is 0 Å². The van der Waals surface area contributed by atoms with Crippen LogP contribution in [0.4, 0.5) is 19.3 Å². The molecule has 3 amide bonds. The van der Waals surface area contributed by atoms with Gasteiger partial charge in [-0.3, -0.25) is 14.5 Å². The highest BCUT2D eigenvalue weighted by atomic mass is 19.1. The van der Waals surface area contributed by atoms with Crippen molar-refractivity contribution in [2.45, 2.75) is 38.4 Å². The number of halogens is 2. The van der Waals surface area contributed by atoms with Crippen LogP contribution in [0.3, 0.4) is 0 Å². The Balaban J connectivity index is 1.31. The van der Waals surface area contributed by atoms with Crippen LogP contribution in [0.15, 0.2) is 42.5 Å². The minimum Gasteiger partial charge on any atom is -0.442 e. The molecule has 2 aromatic rings. The number of ether oxygens (including phenoxy) is 2. The van der Waals surface area contributed by atoms with Gasteiger partial charge in [0.05, 0.1) is 25.4 Å². The number of cyclic esters (lactones) is 1. The number of carbonyl (C=O) groups excluding carboxylic acids is 3. The highest BCUT2D eigenvalue weighted by Gasteiger charge is 2.34. The van der Waals surface area contributed by atoms with Crippen LogP contribution >= 0.6 is 0 Å². The molecule has 2 aliphatic heterocycles. The lowest BCUT2D eigenvalue weighted by Gasteiger charge is -2.32. The lowest BCUT2D eigenvalue weighted by atomic mass is 9.88. The summed E-state index contributed by atoms with van der Waals surface area (Å²) in [5.74, 6) is -2.27. The summed E-state index contributed by atoms with van der Waals surface area (Å²) >= 11 is 0. The van der Waals surface area contributed by atoms with Crippen LogP contribution in [0.1, 0.15) is 36.8 Å². The van der Waals surface area contributed by atoms with Gasteiger partial charge in [0, 0.05) is 25.6 Å². The number of anilines is 1. The van der Waals surface area contributed by atoms with Crippen LogP contribution in [-0.4, -0.2) is 61.7 Å². The molecule has 2 heterocycles. The molecule has 0 unspecified atom stereocenters.